The van der Waals surface area contributed by atoms with E-state index in [4.69, 9.17) is 5.73 Å². The summed E-state index contributed by atoms with van der Waals surface area (Å²) >= 11 is 0. The molecule has 132 valence electrons. The molecule has 2 unspecified atom stereocenters. The Hall–Kier alpha value is -0.810. The Balaban J connectivity index is 0.00000242. The van der Waals surface area contributed by atoms with Gasteiger partial charge in [-0.3, -0.25) is 4.79 Å². The Morgan fingerprint density at radius 1 is 1.26 bits per heavy atom. The van der Waals surface area contributed by atoms with Gasteiger partial charge >= 0.3 is 0 Å². The van der Waals surface area contributed by atoms with Gasteiger partial charge in [-0.1, -0.05) is 30.7 Å². The topological polar surface area (TPSA) is 58.4 Å². The van der Waals surface area contributed by atoms with Gasteiger partial charge in [0.05, 0.1) is 0 Å². The molecule has 6 heteroatoms. The highest BCUT2D eigenvalue weighted by molar-refractivity contribution is 5.85. The van der Waals surface area contributed by atoms with Crippen LogP contribution in [0.2, 0.25) is 0 Å². The summed E-state index contributed by atoms with van der Waals surface area (Å²) in [7, 11) is 4.11. The van der Waals surface area contributed by atoms with Crippen molar-refractivity contribution in [3.05, 3.63) is 35.4 Å². The first-order chi connectivity index (χ1) is 10.0. The summed E-state index contributed by atoms with van der Waals surface area (Å²) in [6, 6.07) is 8.58. The highest BCUT2D eigenvalue weighted by Gasteiger charge is 2.24. The SMILES string of the molecule is CN(C)Cc1cccc(CNC(=O)C2CCCC(N)C2)c1.Cl.Cl. The number of nitrogens with one attached hydrogen (secondary N) is 1. The molecule has 2 atom stereocenters. The van der Waals surface area contributed by atoms with Crippen molar-refractivity contribution in [2.75, 3.05) is 14.1 Å². The summed E-state index contributed by atoms with van der Waals surface area (Å²) in [5.74, 6) is 0.252. The zero-order valence-electron chi connectivity index (χ0n) is 14.0. The smallest absolute Gasteiger partial charge is 0.223 e. The first kappa shape index (κ1) is 22.2. The van der Waals surface area contributed by atoms with Crippen LogP contribution < -0.4 is 11.1 Å². The Labute approximate surface area is 152 Å². The molecular weight excluding hydrogens is 333 g/mol. The maximum atomic E-state index is 12.2. The van der Waals surface area contributed by atoms with Gasteiger partial charge in [-0.15, -0.1) is 24.8 Å². The fourth-order valence-corrected chi connectivity index (χ4v) is 3.00. The highest BCUT2D eigenvalue weighted by Crippen LogP contribution is 2.23. The molecule has 3 N–H and O–H groups in total. The van der Waals surface area contributed by atoms with Crippen LogP contribution in [0.3, 0.4) is 0 Å². The number of carbonyl (C=O) groups is 1. The predicted molar refractivity (Wildman–Crippen MR) is 100 cm³/mol. The number of amides is 1. The predicted octanol–water partition coefficient (Wildman–Crippen LogP) is 2.73. The monoisotopic (exact) mass is 361 g/mol. The summed E-state index contributed by atoms with van der Waals surface area (Å²) in [4.78, 5) is 14.3. The van der Waals surface area contributed by atoms with Crippen LogP contribution in [0.15, 0.2) is 24.3 Å². The van der Waals surface area contributed by atoms with E-state index in [0.29, 0.717) is 6.54 Å². The lowest BCUT2D eigenvalue weighted by Crippen LogP contribution is -2.37. The minimum atomic E-state index is 0. The summed E-state index contributed by atoms with van der Waals surface area (Å²) in [5, 5.41) is 3.06. The van der Waals surface area contributed by atoms with Gasteiger partial charge < -0.3 is 16.0 Å². The molecule has 1 aliphatic carbocycles. The molecule has 0 spiro atoms. The Kier molecular flexibility index (Phi) is 10.5. The molecule has 1 amide bonds. The van der Waals surface area contributed by atoms with E-state index in [2.05, 4.69) is 48.6 Å². The molecular formula is C17H29Cl2N3O. The van der Waals surface area contributed by atoms with E-state index in [0.717, 1.165) is 37.8 Å². The van der Waals surface area contributed by atoms with Gasteiger partial charge in [-0.2, -0.15) is 0 Å². The second kappa shape index (κ2) is 10.9. The minimum Gasteiger partial charge on any atom is -0.352 e. The van der Waals surface area contributed by atoms with Crippen molar-refractivity contribution in [2.24, 2.45) is 11.7 Å². The van der Waals surface area contributed by atoms with Crippen LogP contribution in [0.1, 0.15) is 36.8 Å². The molecule has 1 aromatic carbocycles. The van der Waals surface area contributed by atoms with E-state index in [9.17, 15) is 4.79 Å². The number of hydrogen-bond donors (Lipinski definition) is 2. The zero-order chi connectivity index (χ0) is 15.2. The third-order valence-corrected chi connectivity index (χ3v) is 4.04. The Morgan fingerprint density at radius 3 is 2.61 bits per heavy atom. The molecule has 0 radical (unpaired) electrons. The van der Waals surface area contributed by atoms with Gasteiger partial charge in [-0.25, -0.2) is 0 Å². The maximum absolute atomic E-state index is 12.2. The van der Waals surface area contributed by atoms with Crippen molar-refractivity contribution in [1.29, 1.82) is 0 Å². The van der Waals surface area contributed by atoms with Crippen LogP contribution in [0.4, 0.5) is 0 Å². The van der Waals surface area contributed by atoms with Gasteiger partial charge in [-0.05, 0) is 44.5 Å². The van der Waals surface area contributed by atoms with Crippen molar-refractivity contribution in [2.45, 2.75) is 44.8 Å². The van der Waals surface area contributed by atoms with Gasteiger partial charge in [0.15, 0.2) is 0 Å². The molecule has 2 rings (SSSR count). The van der Waals surface area contributed by atoms with Crippen molar-refractivity contribution in [1.82, 2.24) is 10.2 Å². The van der Waals surface area contributed by atoms with E-state index in [1.807, 2.05) is 0 Å². The van der Waals surface area contributed by atoms with E-state index in [1.165, 1.54) is 5.56 Å². The number of benzene rings is 1. The largest absolute Gasteiger partial charge is 0.352 e. The van der Waals surface area contributed by atoms with Gasteiger partial charge in [0.25, 0.3) is 0 Å². The average Bonchev–Trinajstić information content (AvgIpc) is 2.44. The Morgan fingerprint density at radius 2 is 1.96 bits per heavy atom. The van der Waals surface area contributed by atoms with Crippen molar-refractivity contribution < 1.29 is 4.79 Å². The van der Waals surface area contributed by atoms with E-state index < -0.39 is 0 Å². The molecule has 1 fully saturated rings. The van der Waals surface area contributed by atoms with Gasteiger partial charge in [0.2, 0.25) is 5.91 Å². The number of rotatable bonds is 5. The summed E-state index contributed by atoms with van der Waals surface area (Å²) in [6.45, 7) is 1.52. The van der Waals surface area contributed by atoms with E-state index >= 15 is 0 Å². The van der Waals surface area contributed by atoms with Crippen LogP contribution in [0, 0.1) is 5.92 Å². The fraction of sp³-hybridized carbons (Fsp3) is 0.588. The first-order valence-corrected chi connectivity index (χ1v) is 7.80. The second-order valence-electron chi connectivity index (χ2n) is 6.40. The van der Waals surface area contributed by atoms with Crippen LogP contribution in [-0.4, -0.2) is 30.9 Å². The minimum absolute atomic E-state index is 0. The standard InChI is InChI=1S/C17H27N3O.2ClH/c1-20(2)12-14-6-3-5-13(9-14)11-19-17(21)15-7-4-8-16(18)10-15;;/h3,5-6,9,15-16H,4,7-8,10-12,18H2,1-2H3,(H,19,21);2*1H. The first-order valence-electron chi connectivity index (χ1n) is 7.80. The number of halogens is 2. The lowest BCUT2D eigenvalue weighted by atomic mass is 9.85. The summed E-state index contributed by atoms with van der Waals surface area (Å²) in [5.41, 5.74) is 8.38. The molecule has 0 saturated heterocycles. The zero-order valence-corrected chi connectivity index (χ0v) is 15.6. The summed E-state index contributed by atoms with van der Waals surface area (Å²) in [6.07, 6.45) is 3.92. The van der Waals surface area contributed by atoms with Gasteiger partial charge in [0.1, 0.15) is 0 Å². The van der Waals surface area contributed by atoms with Crippen LogP contribution in [-0.2, 0) is 17.9 Å². The molecule has 0 heterocycles. The molecule has 0 aromatic heterocycles. The van der Waals surface area contributed by atoms with Crippen molar-refractivity contribution in [3.8, 4) is 0 Å². The number of hydrogen-bond acceptors (Lipinski definition) is 3. The Bertz CT molecular complexity index is 483. The molecule has 23 heavy (non-hydrogen) atoms. The molecule has 0 bridgehead atoms. The molecule has 1 aliphatic rings. The summed E-state index contributed by atoms with van der Waals surface area (Å²) < 4.78 is 0. The van der Waals surface area contributed by atoms with Crippen molar-refractivity contribution >= 4 is 30.7 Å². The van der Waals surface area contributed by atoms with Gasteiger partial charge in [0, 0.05) is 25.0 Å². The van der Waals surface area contributed by atoms with Crippen LogP contribution in [0.5, 0.6) is 0 Å². The third kappa shape index (κ3) is 7.53. The van der Waals surface area contributed by atoms with Crippen molar-refractivity contribution in [3.63, 3.8) is 0 Å². The molecule has 4 nitrogen and oxygen atoms in total. The van der Waals surface area contributed by atoms with E-state index in [-0.39, 0.29) is 42.7 Å². The highest BCUT2D eigenvalue weighted by atomic mass is 35.5. The van der Waals surface area contributed by atoms with Crippen LogP contribution in [0.25, 0.3) is 0 Å². The molecule has 0 aliphatic heterocycles. The van der Waals surface area contributed by atoms with Crippen LogP contribution >= 0.6 is 24.8 Å². The lowest BCUT2D eigenvalue weighted by Gasteiger charge is -2.25. The second-order valence-corrected chi connectivity index (χ2v) is 6.40. The average molecular weight is 362 g/mol. The fourth-order valence-electron chi connectivity index (χ4n) is 3.00. The molecule has 1 aromatic rings. The lowest BCUT2D eigenvalue weighted by molar-refractivity contribution is -0.126. The number of carbonyl (C=O) groups excluding carboxylic acids is 1. The molecule has 1 saturated carbocycles. The quantitative estimate of drug-likeness (QED) is 0.847. The number of nitrogens with two attached hydrogens (primary N) is 1. The number of nitrogens with zero attached hydrogens (tertiary/aromatic N) is 1. The maximum Gasteiger partial charge on any atom is 0.223 e. The third-order valence-electron chi connectivity index (χ3n) is 4.04. The van der Waals surface area contributed by atoms with E-state index in [1.54, 1.807) is 0 Å². The normalized spacial score (nSPS) is 20.3.